The first-order valence-electron chi connectivity index (χ1n) is 6.06. The molecule has 18 heavy (non-hydrogen) atoms. The van der Waals surface area contributed by atoms with E-state index in [1.807, 2.05) is 18.2 Å². The van der Waals surface area contributed by atoms with Gasteiger partial charge >= 0.3 is 0 Å². The Morgan fingerprint density at radius 3 is 2.72 bits per heavy atom. The average Bonchev–Trinajstić information content (AvgIpc) is 2.43. The summed E-state index contributed by atoms with van der Waals surface area (Å²) in [6.45, 7) is 3.91. The van der Waals surface area contributed by atoms with Crippen molar-refractivity contribution in [2.24, 2.45) is 0 Å². The van der Waals surface area contributed by atoms with Gasteiger partial charge in [0.25, 0.3) is 0 Å². The van der Waals surface area contributed by atoms with Crippen LogP contribution in [0.4, 0.5) is 11.5 Å². The van der Waals surface area contributed by atoms with Crippen molar-refractivity contribution in [3.63, 3.8) is 0 Å². The van der Waals surface area contributed by atoms with Gasteiger partial charge in [-0.2, -0.15) is 0 Å². The van der Waals surface area contributed by atoms with E-state index in [9.17, 15) is 0 Å². The van der Waals surface area contributed by atoms with Gasteiger partial charge in [0.15, 0.2) is 0 Å². The smallest absolute Gasteiger partial charge is 0.136 e. The highest BCUT2D eigenvalue weighted by molar-refractivity contribution is 6.34. The summed E-state index contributed by atoms with van der Waals surface area (Å²) in [4.78, 5) is 6.78. The van der Waals surface area contributed by atoms with Crippen molar-refractivity contribution in [2.75, 3.05) is 36.8 Å². The number of nitrogen functional groups attached to an aromatic ring is 1. The quantitative estimate of drug-likeness (QED) is 0.771. The Bertz CT molecular complexity index is 578. The Labute approximate surface area is 111 Å². The molecule has 0 saturated carbocycles. The van der Waals surface area contributed by atoms with Crippen LogP contribution in [0, 0.1) is 0 Å². The molecule has 1 aliphatic heterocycles. The minimum atomic E-state index is 0.597. The standard InChI is InChI=1S/C13H15ClN4/c14-11-2-1-10-9(12(11)15)3-4-17-13(10)18-7-5-16-6-8-18/h1-4,16H,5-8,15H2. The van der Waals surface area contributed by atoms with Crippen molar-refractivity contribution < 1.29 is 0 Å². The first-order chi connectivity index (χ1) is 8.77. The predicted molar refractivity (Wildman–Crippen MR) is 76.2 cm³/mol. The van der Waals surface area contributed by atoms with Crippen LogP contribution in [0.2, 0.25) is 5.02 Å². The largest absolute Gasteiger partial charge is 0.397 e. The maximum absolute atomic E-state index is 6.06. The van der Waals surface area contributed by atoms with Crippen LogP contribution in [0.1, 0.15) is 0 Å². The fraction of sp³-hybridized carbons (Fsp3) is 0.308. The summed E-state index contributed by atoms with van der Waals surface area (Å²) in [5.74, 6) is 0.998. The third kappa shape index (κ3) is 1.87. The number of benzene rings is 1. The molecule has 0 radical (unpaired) electrons. The van der Waals surface area contributed by atoms with Gasteiger partial charge in [-0.25, -0.2) is 4.98 Å². The molecule has 0 atom stereocenters. The fourth-order valence-electron chi connectivity index (χ4n) is 2.36. The van der Waals surface area contributed by atoms with Crippen molar-refractivity contribution in [3.05, 3.63) is 29.4 Å². The van der Waals surface area contributed by atoms with E-state index in [0.29, 0.717) is 10.7 Å². The van der Waals surface area contributed by atoms with Crippen molar-refractivity contribution in [2.45, 2.75) is 0 Å². The van der Waals surface area contributed by atoms with Crippen molar-refractivity contribution in [3.8, 4) is 0 Å². The fourth-order valence-corrected chi connectivity index (χ4v) is 2.53. The first-order valence-corrected chi connectivity index (χ1v) is 6.43. The van der Waals surface area contributed by atoms with E-state index < -0.39 is 0 Å². The van der Waals surface area contributed by atoms with Gasteiger partial charge < -0.3 is 16.0 Å². The minimum Gasteiger partial charge on any atom is -0.397 e. The summed E-state index contributed by atoms with van der Waals surface area (Å²) in [7, 11) is 0. The van der Waals surface area contributed by atoms with Gasteiger partial charge in [-0.15, -0.1) is 0 Å². The van der Waals surface area contributed by atoms with Crippen molar-refractivity contribution in [1.82, 2.24) is 10.3 Å². The number of hydrogen-bond acceptors (Lipinski definition) is 4. The van der Waals surface area contributed by atoms with E-state index >= 15 is 0 Å². The molecule has 0 aliphatic carbocycles. The highest BCUT2D eigenvalue weighted by atomic mass is 35.5. The summed E-state index contributed by atoms with van der Waals surface area (Å²) in [5, 5.41) is 5.98. The third-order valence-electron chi connectivity index (χ3n) is 3.33. The number of hydrogen-bond donors (Lipinski definition) is 2. The lowest BCUT2D eigenvalue weighted by atomic mass is 10.1. The van der Waals surface area contributed by atoms with E-state index in [-0.39, 0.29) is 0 Å². The van der Waals surface area contributed by atoms with Crippen LogP contribution in [-0.4, -0.2) is 31.2 Å². The Balaban J connectivity index is 2.14. The molecule has 0 unspecified atom stereocenters. The Kier molecular flexibility index (Phi) is 2.97. The van der Waals surface area contributed by atoms with Crippen molar-refractivity contribution >= 4 is 33.9 Å². The van der Waals surface area contributed by atoms with E-state index in [2.05, 4.69) is 15.2 Å². The van der Waals surface area contributed by atoms with Crippen LogP contribution >= 0.6 is 11.6 Å². The molecular weight excluding hydrogens is 248 g/mol. The van der Waals surface area contributed by atoms with Gasteiger partial charge in [0.1, 0.15) is 5.82 Å². The molecule has 3 N–H and O–H groups in total. The second kappa shape index (κ2) is 4.63. The Morgan fingerprint density at radius 1 is 1.17 bits per heavy atom. The van der Waals surface area contributed by atoms with Crippen LogP contribution in [0.3, 0.4) is 0 Å². The van der Waals surface area contributed by atoms with Gasteiger partial charge in [0, 0.05) is 43.1 Å². The molecule has 3 rings (SSSR count). The molecule has 0 amide bonds. The number of pyridine rings is 1. The highest BCUT2D eigenvalue weighted by Gasteiger charge is 2.15. The molecular formula is C13H15ClN4. The van der Waals surface area contributed by atoms with Crippen LogP contribution in [0.5, 0.6) is 0 Å². The van der Waals surface area contributed by atoms with Crippen LogP contribution in [-0.2, 0) is 0 Å². The van der Waals surface area contributed by atoms with Gasteiger partial charge in [-0.05, 0) is 18.2 Å². The Hall–Kier alpha value is -1.52. The lowest BCUT2D eigenvalue weighted by Crippen LogP contribution is -2.43. The minimum absolute atomic E-state index is 0.597. The molecule has 2 heterocycles. The molecule has 1 aliphatic rings. The lowest BCUT2D eigenvalue weighted by Gasteiger charge is -2.29. The van der Waals surface area contributed by atoms with Crippen LogP contribution < -0.4 is 16.0 Å². The van der Waals surface area contributed by atoms with E-state index in [1.165, 1.54) is 0 Å². The summed E-state index contributed by atoms with van der Waals surface area (Å²) in [6.07, 6.45) is 1.80. The third-order valence-corrected chi connectivity index (χ3v) is 3.66. The van der Waals surface area contributed by atoms with Crippen LogP contribution in [0.25, 0.3) is 10.8 Å². The zero-order chi connectivity index (χ0) is 12.5. The van der Waals surface area contributed by atoms with Gasteiger partial charge in [0.05, 0.1) is 10.7 Å². The predicted octanol–water partition coefficient (Wildman–Crippen LogP) is 1.88. The SMILES string of the molecule is Nc1c(Cl)ccc2c(N3CCNCC3)nccc12. The lowest BCUT2D eigenvalue weighted by molar-refractivity contribution is 0.586. The molecule has 1 saturated heterocycles. The summed E-state index contributed by atoms with van der Waals surface area (Å²) in [6, 6.07) is 5.76. The monoisotopic (exact) mass is 262 g/mol. The zero-order valence-electron chi connectivity index (χ0n) is 9.99. The summed E-state index contributed by atoms with van der Waals surface area (Å²) in [5.41, 5.74) is 6.66. The number of anilines is 2. The number of halogens is 1. The first kappa shape index (κ1) is 11.6. The number of nitrogens with one attached hydrogen (secondary N) is 1. The molecule has 2 aromatic rings. The van der Waals surface area contributed by atoms with E-state index in [4.69, 9.17) is 17.3 Å². The normalized spacial score (nSPS) is 16.2. The second-order valence-electron chi connectivity index (χ2n) is 4.43. The van der Waals surface area contributed by atoms with E-state index in [1.54, 1.807) is 6.20 Å². The van der Waals surface area contributed by atoms with Crippen LogP contribution in [0.15, 0.2) is 24.4 Å². The number of rotatable bonds is 1. The van der Waals surface area contributed by atoms with E-state index in [0.717, 1.165) is 42.8 Å². The molecule has 1 fully saturated rings. The number of aromatic nitrogens is 1. The molecule has 0 spiro atoms. The van der Waals surface area contributed by atoms with Gasteiger partial charge in [-0.3, -0.25) is 0 Å². The van der Waals surface area contributed by atoms with Gasteiger partial charge in [0.2, 0.25) is 0 Å². The molecule has 4 nitrogen and oxygen atoms in total. The number of nitrogens with two attached hydrogens (primary N) is 1. The molecule has 1 aromatic heterocycles. The highest BCUT2D eigenvalue weighted by Crippen LogP contribution is 2.32. The van der Waals surface area contributed by atoms with Crippen molar-refractivity contribution in [1.29, 1.82) is 0 Å². The molecule has 5 heteroatoms. The maximum atomic E-state index is 6.06. The topological polar surface area (TPSA) is 54.2 Å². The number of nitrogens with zero attached hydrogens (tertiary/aromatic N) is 2. The number of fused-ring (bicyclic) bond motifs is 1. The Morgan fingerprint density at radius 2 is 1.94 bits per heavy atom. The second-order valence-corrected chi connectivity index (χ2v) is 4.83. The molecule has 94 valence electrons. The molecule has 1 aromatic carbocycles. The van der Waals surface area contributed by atoms with Gasteiger partial charge in [-0.1, -0.05) is 11.6 Å². The molecule has 0 bridgehead atoms. The summed E-state index contributed by atoms with van der Waals surface area (Å²) >= 11 is 6.06. The maximum Gasteiger partial charge on any atom is 0.136 e. The summed E-state index contributed by atoms with van der Waals surface area (Å²) < 4.78 is 0. The average molecular weight is 263 g/mol. The number of piperazine rings is 1. The zero-order valence-corrected chi connectivity index (χ0v) is 10.7.